The average molecular weight is 746 g/mol. The first kappa shape index (κ1) is 32.8. The Morgan fingerprint density at radius 1 is 0.377 bits per heavy atom. The Balaban J connectivity index is 0.00000400. The number of hydrogen-bond acceptors (Lipinski definition) is 10. The van der Waals surface area contributed by atoms with Crippen LogP contribution in [0.2, 0.25) is 0 Å². The van der Waals surface area contributed by atoms with E-state index in [1.165, 1.54) is 54.6 Å². The van der Waals surface area contributed by atoms with Gasteiger partial charge in [-0.05, 0) is 72.8 Å². The average Bonchev–Trinajstić information content (AvgIpc) is 3.85. The van der Waals surface area contributed by atoms with Gasteiger partial charge in [-0.25, -0.2) is 49.1 Å². The van der Waals surface area contributed by atoms with Crippen molar-refractivity contribution in [3.63, 3.8) is 0 Å². The van der Waals surface area contributed by atoms with Crippen LogP contribution in [0.4, 0.5) is 0 Å². The second-order valence-electron chi connectivity index (χ2n) is 11.9. The van der Waals surface area contributed by atoms with Gasteiger partial charge in [0.1, 0.15) is 22.6 Å². The van der Waals surface area contributed by atoms with Gasteiger partial charge in [0, 0.05) is 43.8 Å². The summed E-state index contributed by atoms with van der Waals surface area (Å²) in [5.41, 5.74) is 2.27. The predicted octanol–water partition coefficient (Wildman–Crippen LogP) is 5.66. The number of nitrogens with zero attached hydrogens (tertiary/aromatic N) is 6. The van der Waals surface area contributed by atoms with E-state index < -0.39 is 23.9 Å². The van der Waals surface area contributed by atoms with Crippen LogP contribution >= 0.6 is 0 Å². The van der Waals surface area contributed by atoms with Crippen LogP contribution in [-0.4, -0.2) is 84.2 Å². The SMILES string of the molecule is O=C(O)c1ccc2c(c1)-c1nc3nc(nc4[nH]c(nc5[nH]c(nc-2n1)c1cc(C(=O)O)ccc51)c1ccc(C(=O)O)cc41)-c1cc(C(=O)O)ccc1-3.[Fe+2]. The molecule has 0 aliphatic carbocycles. The molecule has 5 heterocycles. The van der Waals surface area contributed by atoms with E-state index in [1.807, 2.05) is 0 Å². The molecule has 7 aromatic rings. The fraction of sp³-hybridized carbons (Fsp3) is 0. The second-order valence-corrected chi connectivity index (χ2v) is 11.9. The zero-order valence-electron chi connectivity index (χ0n) is 26.4. The smallest absolute Gasteiger partial charge is 0.478 e. The van der Waals surface area contributed by atoms with Crippen molar-refractivity contribution in [1.29, 1.82) is 0 Å². The summed E-state index contributed by atoms with van der Waals surface area (Å²) < 4.78 is 0. The van der Waals surface area contributed by atoms with Gasteiger partial charge < -0.3 is 30.4 Å². The van der Waals surface area contributed by atoms with Gasteiger partial charge in [0.15, 0.2) is 23.3 Å². The molecule has 0 atom stereocenters. The predicted molar refractivity (Wildman–Crippen MR) is 184 cm³/mol. The van der Waals surface area contributed by atoms with Crippen molar-refractivity contribution >= 4 is 68.0 Å². The number of H-pyrrole nitrogens is 2. The molecule has 4 aromatic carbocycles. The number of nitrogens with one attached hydrogen (secondary N) is 2. The van der Waals surface area contributed by atoms with Gasteiger partial charge in [0.2, 0.25) is 0 Å². The van der Waals surface area contributed by atoms with Crippen molar-refractivity contribution in [3.8, 4) is 45.6 Å². The van der Waals surface area contributed by atoms with Crippen molar-refractivity contribution in [3.05, 3.63) is 95.1 Å². The van der Waals surface area contributed by atoms with Crippen molar-refractivity contribution in [1.82, 2.24) is 39.9 Å². The Kier molecular flexibility index (Phi) is 7.35. The zero-order valence-corrected chi connectivity index (χ0v) is 27.5. The number of hydrogen-bond donors (Lipinski definition) is 6. The topological polar surface area (TPSA) is 258 Å². The third-order valence-electron chi connectivity index (χ3n) is 8.82. The summed E-state index contributed by atoms with van der Waals surface area (Å²) in [6.45, 7) is 0. The van der Waals surface area contributed by atoms with E-state index in [1.54, 1.807) is 18.2 Å². The van der Waals surface area contributed by atoms with Crippen molar-refractivity contribution in [2.75, 3.05) is 0 Å². The molecule has 8 bridgehead atoms. The summed E-state index contributed by atoms with van der Waals surface area (Å²) in [6.07, 6.45) is 0. The fourth-order valence-corrected chi connectivity index (χ4v) is 6.33. The van der Waals surface area contributed by atoms with E-state index in [0.717, 1.165) is 0 Å². The standard InChI is InChI=1S/C36H18N8O8.Fe/c45-33(46)13-1-5-17-21(9-13)29-38-25(17)37-26-18-6-2-15(35(49)50)11-23(18)31(39-26)44-32-24-12-16(36(51)52)4-8-20(24)28(43-32)42-30-22-10-14(34(47)48)3-7-19(22)27(40-29)41-30;/h1-12H,(H,45,46)(H,47,48)(H,49,50)(H,51,52)(H2,37,38,39,40,41,42,43,44);/q;+2. The Hall–Kier alpha value is -7.36. The van der Waals surface area contributed by atoms with Crippen LogP contribution in [0, 0.1) is 0 Å². The molecule has 16 nitrogen and oxygen atoms in total. The number of aromatic nitrogens is 8. The largest absolute Gasteiger partial charge is 2.00 e. The number of aromatic carboxylic acids is 4. The molecule has 0 radical (unpaired) electrons. The van der Waals surface area contributed by atoms with Crippen LogP contribution in [0.3, 0.4) is 0 Å². The third-order valence-corrected chi connectivity index (χ3v) is 8.82. The Bertz CT molecular complexity index is 3010. The molecular formula is C36H18FeN8O8+2. The van der Waals surface area contributed by atoms with E-state index in [2.05, 4.69) is 19.9 Å². The molecule has 6 N–H and O–H groups in total. The van der Waals surface area contributed by atoms with Gasteiger partial charge in [0.05, 0.1) is 22.3 Å². The third kappa shape index (κ3) is 5.22. The van der Waals surface area contributed by atoms with E-state index in [-0.39, 0.29) is 85.2 Å². The quantitative estimate of drug-likeness (QED) is 0.119. The molecule has 0 saturated heterocycles. The minimum Gasteiger partial charge on any atom is -0.478 e. The molecule has 256 valence electrons. The number of benzene rings is 4. The maximum atomic E-state index is 12.0. The Labute approximate surface area is 304 Å². The summed E-state index contributed by atoms with van der Waals surface area (Å²) in [6, 6.07) is 17.5. The number of rotatable bonds is 4. The molecule has 9 rings (SSSR count). The van der Waals surface area contributed by atoms with Gasteiger partial charge in [-0.3, -0.25) is 0 Å². The number of carboxylic acid groups (broad SMARTS) is 4. The summed E-state index contributed by atoms with van der Waals surface area (Å²) >= 11 is 0. The second kappa shape index (κ2) is 11.9. The summed E-state index contributed by atoms with van der Waals surface area (Å²) in [7, 11) is 0. The van der Waals surface area contributed by atoms with E-state index in [0.29, 0.717) is 43.8 Å². The van der Waals surface area contributed by atoms with E-state index in [9.17, 15) is 39.6 Å². The van der Waals surface area contributed by atoms with E-state index >= 15 is 0 Å². The monoisotopic (exact) mass is 746 g/mol. The van der Waals surface area contributed by atoms with E-state index in [4.69, 9.17) is 19.9 Å². The first-order valence-corrected chi connectivity index (χ1v) is 15.3. The Morgan fingerprint density at radius 2 is 0.698 bits per heavy atom. The first-order chi connectivity index (χ1) is 25.0. The van der Waals surface area contributed by atoms with Gasteiger partial charge in [-0.2, -0.15) is 0 Å². The normalized spacial score (nSPS) is 11.5. The summed E-state index contributed by atoms with van der Waals surface area (Å²) in [5.74, 6) is -4.37. The van der Waals surface area contributed by atoms with Crippen LogP contribution < -0.4 is 0 Å². The molecule has 17 heteroatoms. The molecule has 0 unspecified atom stereocenters. The molecule has 0 fully saturated rings. The van der Waals surface area contributed by atoms with Crippen molar-refractivity contribution in [2.24, 2.45) is 0 Å². The molecule has 0 amide bonds. The molecule has 2 aliphatic rings. The van der Waals surface area contributed by atoms with Gasteiger partial charge in [-0.15, -0.1) is 0 Å². The maximum absolute atomic E-state index is 12.0. The number of aromatic amines is 2. The molecule has 0 saturated carbocycles. The first-order valence-electron chi connectivity index (χ1n) is 15.3. The fourth-order valence-electron chi connectivity index (χ4n) is 6.33. The minimum absolute atomic E-state index is 0. The summed E-state index contributed by atoms with van der Waals surface area (Å²) in [4.78, 5) is 82.7. The molecule has 2 aliphatic heterocycles. The van der Waals surface area contributed by atoms with Crippen LogP contribution in [0.25, 0.3) is 89.7 Å². The number of carboxylic acids is 4. The summed E-state index contributed by atoms with van der Waals surface area (Å²) in [5, 5.41) is 40.9. The number of carbonyl (C=O) groups is 4. The Morgan fingerprint density at radius 3 is 1.11 bits per heavy atom. The van der Waals surface area contributed by atoms with Crippen molar-refractivity contribution in [2.45, 2.75) is 0 Å². The molecule has 53 heavy (non-hydrogen) atoms. The minimum atomic E-state index is -1.19. The van der Waals surface area contributed by atoms with Gasteiger partial charge in [-0.1, -0.05) is 0 Å². The molecular weight excluding hydrogens is 728 g/mol. The maximum Gasteiger partial charge on any atom is 2.00 e. The van der Waals surface area contributed by atoms with Crippen LogP contribution in [0.1, 0.15) is 41.4 Å². The zero-order chi connectivity index (χ0) is 36.0. The van der Waals surface area contributed by atoms with Gasteiger partial charge >= 0.3 is 40.9 Å². The van der Waals surface area contributed by atoms with Crippen LogP contribution in [0.15, 0.2) is 72.8 Å². The molecule has 0 spiro atoms. The molecule has 3 aromatic heterocycles. The van der Waals surface area contributed by atoms with Crippen molar-refractivity contribution < 1.29 is 56.7 Å². The van der Waals surface area contributed by atoms with Crippen LogP contribution in [-0.2, 0) is 17.1 Å². The van der Waals surface area contributed by atoms with Gasteiger partial charge in [0.25, 0.3) is 0 Å². The number of fused-ring (bicyclic) bond motifs is 20. The van der Waals surface area contributed by atoms with Crippen LogP contribution in [0.5, 0.6) is 0 Å².